The van der Waals surface area contributed by atoms with Crippen LogP contribution in [0.1, 0.15) is 6.92 Å². The smallest absolute Gasteiger partial charge is 0.139 e. The SMILES string of the molecule is CC1N(C)CC=CN1CC=O. The van der Waals surface area contributed by atoms with Gasteiger partial charge >= 0.3 is 0 Å². The van der Waals surface area contributed by atoms with Gasteiger partial charge in [-0.05, 0) is 20.2 Å². The molecule has 0 saturated heterocycles. The molecule has 0 aliphatic carbocycles. The molecule has 1 heterocycles. The van der Waals surface area contributed by atoms with Crippen LogP contribution in [0.4, 0.5) is 0 Å². The van der Waals surface area contributed by atoms with E-state index in [0.717, 1.165) is 12.8 Å². The average Bonchev–Trinajstić information content (AvgIpc) is 1.99. The van der Waals surface area contributed by atoms with E-state index in [0.29, 0.717) is 12.7 Å². The zero-order chi connectivity index (χ0) is 8.27. The fourth-order valence-corrected chi connectivity index (χ4v) is 1.18. The van der Waals surface area contributed by atoms with Crippen molar-refractivity contribution < 1.29 is 4.79 Å². The molecule has 0 aromatic heterocycles. The Morgan fingerprint density at radius 2 is 2.45 bits per heavy atom. The Hall–Kier alpha value is -0.830. The molecule has 0 fully saturated rings. The van der Waals surface area contributed by atoms with Crippen molar-refractivity contribution in [3.05, 3.63) is 12.3 Å². The van der Waals surface area contributed by atoms with Gasteiger partial charge in [-0.25, -0.2) is 0 Å². The van der Waals surface area contributed by atoms with E-state index in [-0.39, 0.29) is 0 Å². The molecule has 62 valence electrons. The monoisotopic (exact) mass is 154 g/mol. The third kappa shape index (κ3) is 1.80. The number of hydrogen-bond donors (Lipinski definition) is 0. The van der Waals surface area contributed by atoms with E-state index >= 15 is 0 Å². The number of aldehydes is 1. The van der Waals surface area contributed by atoms with Gasteiger partial charge in [-0.2, -0.15) is 0 Å². The molecule has 0 spiro atoms. The van der Waals surface area contributed by atoms with Crippen LogP contribution in [0, 0.1) is 0 Å². The lowest BCUT2D eigenvalue weighted by Gasteiger charge is -2.36. The van der Waals surface area contributed by atoms with Gasteiger partial charge in [0.1, 0.15) is 6.29 Å². The number of carbonyl (C=O) groups is 1. The topological polar surface area (TPSA) is 23.6 Å². The third-order valence-corrected chi connectivity index (χ3v) is 2.09. The lowest BCUT2D eigenvalue weighted by Crippen LogP contribution is -2.45. The van der Waals surface area contributed by atoms with Gasteiger partial charge in [-0.3, -0.25) is 4.90 Å². The molecular weight excluding hydrogens is 140 g/mol. The van der Waals surface area contributed by atoms with Gasteiger partial charge in [-0.15, -0.1) is 0 Å². The lowest BCUT2D eigenvalue weighted by atomic mass is 10.3. The second-order valence-electron chi connectivity index (χ2n) is 2.82. The quantitative estimate of drug-likeness (QED) is 0.534. The highest BCUT2D eigenvalue weighted by atomic mass is 16.1. The summed E-state index contributed by atoms with van der Waals surface area (Å²) in [7, 11) is 2.05. The van der Waals surface area contributed by atoms with Crippen molar-refractivity contribution in [3.8, 4) is 0 Å². The molecule has 1 rings (SSSR count). The maximum absolute atomic E-state index is 10.2. The number of rotatable bonds is 2. The molecular formula is C8H14N2O. The number of hydrogen-bond acceptors (Lipinski definition) is 3. The molecule has 0 saturated carbocycles. The highest BCUT2D eigenvalue weighted by molar-refractivity contribution is 5.52. The van der Waals surface area contributed by atoms with Crippen molar-refractivity contribution in [3.63, 3.8) is 0 Å². The van der Waals surface area contributed by atoms with Gasteiger partial charge in [-0.1, -0.05) is 6.08 Å². The zero-order valence-corrected chi connectivity index (χ0v) is 7.03. The van der Waals surface area contributed by atoms with Crippen LogP contribution in [-0.2, 0) is 4.79 Å². The van der Waals surface area contributed by atoms with Gasteiger partial charge in [0.15, 0.2) is 0 Å². The summed E-state index contributed by atoms with van der Waals surface area (Å²) in [5, 5.41) is 0. The van der Waals surface area contributed by atoms with Crippen molar-refractivity contribution in [2.24, 2.45) is 0 Å². The Labute approximate surface area is 67.3 Å². The Bertz CT molecular complexity index is 167. The molecule has 0 N–H and O–H groups in total. The van der Waals surface area contributed by atoms with Crippen molar-refractivity contribution in [1.29, 1.82) is 0 Å². The van der Waals surface area contributed by atoms with E-state index in [2.05, 4.69) is 17.9 Å². The summed E-state index contributed by atoms with van der Waals surface area (Å²) in [6.07, 6.45) is 5.31. The summed E-state index contributed by atoms with van der Waals surface area (Å²) in [5.74, 6) is 0. The summed E-state index contributed by atoms with van der Waals surface area (Å²) >= 11 is 0. The Morgan fingerprint density at radius 3 is 3.09 bits per heavy atom. The van der Waals surface area contributed by atoms with Crippen LogP contribution in [-0.4, -0.2) is 42.4 Å². The minimum atomic E-state index is 0.338. The number of likely N-dealkylation sites (N-methyl/N-ethyl adjacent to an activating group) is 1. The van der Waals surface area contributed by atoms with Gasteiger partial charge in [0, 0.05) is 6.54 Å². The standard InChI is InChI=1S/C8H14N2O/c1-8-9(2)4-3-5-10(8)6-7-11/h3,5,7-8H,4,6H2,1-2H3. The first kappa shape index (κ1) is 8.27. The minimum Gasteiger partial charge on any atom is -0.355 e. The maximum atomic E-state index is 10.2. The van der Waals surface area contributed by atoms with E-state index in [9.17, 15) is 4.79 Å². The highest BCUT2D eigenvalue weighted by Gasteiger charge is 2.16. The lowest BCUT2D eigenvalue weighted by molar-refractivity contribution is -0.109. The molecule has 11 heavy (non-hydrogen) atoms. The first-order valence-electron chi connectivity index (χ1n) is 3.82. The minimum absolute atomic E-state index is 0.338. The molecule has 0 amide bonds. The third-order valence-electron chi connectivity index (χ3n) is 2.09. The van der Waals surface area contributed by atoms with E-state index < -0.39 is 0 Å². The highest BCUT2D eigenvalue weighted by Crippen LogP contribution is 2.08. The van der Waals surface area contributed by atoms with Crippen molar-refractivity contribution in [1.82, 2.24) is 9.80 Å². The summed E-state index contributed by atoms with van der Waals surface area (Å²) in [5.41, 5.74) is 0. The molecule has 0 bridgehead atoms. The van der Waals surface area contributed by atoms with Crippen molar-refractivity contribution in [2.45, 2.75) is 13.1 Å². The van der Waals surface area contributed by atoms with E-state index in [1.54, 1.807) is 0 Å². The predicted octanol–water partition coefficient (Wildman–Crippen LogP) is 0.292. The van der Waals surface area contributed by atoms with Crippen LogP contribution in [0.3, 0.4) is 0 Å². The number of nitrogens with zero attached hydrogens (tertiary/aromatic N) is 2. The van der Waals surface area contributed by atoms with Crippen LogP contribution in [0.25, 0.3) is 0 Å². The Balaban J connectivity index is 2.56. The molecule has 1 unspecified atom stereocenters. The molecule has 0 aromatic carbocycles. The summed E-state index contributed by atoms with van der Waals surface area (Å²) < 4.78 is 0. The Morgan fingerprint density at radius 1 is 1.73 bits per heavy atom. The molecule has 0 radical (unpaired) electrons. The van der Waals surface area contributed by atoms with Crippen LogP contribution in [0.15, 0.2) is 12.3 Å². The number of carbonyl (C=O) groups excluding carboxylic acids is 1. The fourth-order valence-electron chi connectivity index (χ4n) is 1.18. The van der Waals surface area contributed by atoms with Gasteiger partial charge in [0.25, 0.3) is 0 Å². The summed E-state index contributed by atoms with van der Waals surface area (Å²) in [6.45, 7) is 3.55. The van der Waals surface area contributed by atoms with Crippen molar-refractivity contribution in [2.75, 3.05) is 20.1 Å². The second kappa shape index (κ2) is 3.53. The molecule has 0 aromatic rings. The summed E-state index contributed by atoms with van der Waals surface area (Å²) in [6, 6.07) is 0. The largest absolute Gasteiger partial charge is 0.355 e. The van der Waals surface area contributed by atoms with Gasteiger partial charge in [0.05, 0.1) is 12.7 Å². The molecule has 1 aliphatic rings. The molecule has 1 atom stereocenters. The molecule has 3 heteroatoms. The zero-order valence-electron chi connectivity index (χ0n) is 7.03. The van der Waals surface area contributed by atoms with Crippen molar-refractivity contribution >= 4 is 6.29 Å². The Kier molecular flexibility index (Phi) is 2.65. The average molecular weight is 154 g/mol. The van der Waals surface area contributed by atoms with Crippen LogP contribution in [0.2, 0.25) is 0 Å². The normalized spacial score (nSPS) is 25.6. The fraction of sp³-hybridized carbons (Fsp3) is 0.625. The van der Waals surface area contributed by atoms with Gasteiger partial charge in [0.2, 0.25) is 0 Å². The second-order valence-corrected chi connectivity index (χ2v) is 2.82. The first-order valence-corrected chi connectivity index (χ1v) is 3.82. The van der Waals surface area contributed by atoms with Gasteiger partial charge < -0.3 is 9.69 Å². The maximum Gasteiger partial charge on any atom is 0.139 e. The van der Waals surface area contributed by atoms with E-state index in [4.69, 9.17) is 0 Å². The molecule has 3 nitrogen and oxygen atoms in total. The summed E-state index contributed by atoms with van der Waals surface area (Å²) in [4.78, 5) is 14.4. The molecule has 1 aliphatic heterocycles. The van der Waals surface area contributed by atoms with Crippen LogP contribution < -0.4 is 0 Å². The van der Waals surface area contributed by atoms with E-state index in [1.807, 2.05) is 18.1 Å². The van der Waals surface area contributed by atoms with Crippen LogP contribution >= 0.6 is 0 Å². The first-order chi connectivity index (χ1) is 5.25. The van der Waals surface area contributed by atoms with E-state index in [1.165, 1.54) is 0 Å². The predicted molar refractivity (Wildman–Crippen MR) is 44.0 cm³/mol. The van der Waals surface area contributed by atoms with Crippen LogP contribution in [0.5, 0.6) is 0 Å².